The van der Waals surface area contributed by atoms with Crippen molar-refractivity contribution in [2.45, 2.75) is 33.2 Å². The van der Waals surface area contributed by atoms with E-state index >= 15 is 0 Å². The van der Waals surface area contributed by atoms with E-state index in [0.29, 0.717) is 6.04 Å². The largest absolute Gasteiger partial charge is 0.383 e. The summed E-state index contributed by atoms with van der Waals surface area (Å²) in [6.45, 7) is 10.1. The van der Waals surface area contributed by atoms with Crippen molar-refractivity contribution in [2.75, 3.05) is 38.3 Å². The first-order chi connectivity index (χ1) is 9.22. The molecule has 0 spiro atoms. The zero-order valence-electron chi connectivity index (χ0n) is 12.6. The predicted octanol–water partition coefficient (Wildman–Crippen LogP) is 2.61. The van der Waals surface area contributed by atoms with Crippen LogP contribution in [0.25, 0.3) is 0 Å². The summed E-state index contributed by atoms with van der Waals surface area (Å²) in [5, 5.41) is 3.47. The van der Waals surface area contributed by atoms with Crippen LogP contribution in [0, 0.1) is 0 Å². The predicted molar refractivity (Wildman–Crippen MR) is 80.7 cm³/mol. The van der Waals surface area contributed by atoms with E-state index in [9.17, 15) is 0 Å². The van der Waals surface area contributed by atoms with Crippen LogP contribution in [0.1, 0.15) is 38.8 Å². The second-order valence-electron chi connectivity index (χ2n) is 4.70. The Bertz CT molecular complexity index is 340. The summed E-state index contributed by atoms with van der Waals surface area (Å²) in [7, 11) is 1.73. The van der Waals surface area contributed by atoms with Gasteiger partial charge in [0.25, 0.3) is 0 Å². The summed E-state index contributed by atoms with van der Waals surface area (Å²) >= 11 is 0. The molecular formula is C15H27N3O. The first kappa shape index (κ1) is 15.9. The average Bonchev–Trinajstić information content (AvgIpc) is 2.46. The molecule has 0 aliphatic heterocycles. The van der Waals surface area contributed by atoms with Gasteiger partial charge in [0, 0.05) is 32.4 Å². The number of methoxy groups -OCH3 is 1. The Morgan fingerprint density at radius 3 is 2.68 bits per heavy atom. The SMILES string of the molecule is CCCNC(C)c1ccc(N(CC)CCOC)nc1. The maximum absolute atomic E-state index is 5.12. The van der Waals surface area contributed by atoms with Crippen LogP contribution in [0.3, 0.4) is 0 Å². The van der Waals surface area contributed by atoms with Crippen molar-refractivity contribution in [1.29, 1.82) is 0 Å². The molecule has 1 rings (SSSR count). The van der Waals surface area contributed by atoms with Crippen molar-refractivity contribution in [3.63, 3.8) is 0 Å². The molecule has 1 atom stereocenters. The molecule has 0 aliphatic rings. The van der Waals surface area contributed by atoms with Crippen LogP contribution in [0.5, 0.6) is 0 Å². The number of nitrogens with zero attached hydrogens (tertiary/aromatic N) is 2. The van der Waals surface area contributed by atoms with Crippen LogP contribution in [0.15, 0.2) is 18.3 Å². The van der Waals surface area contributed by atoms with Gasteiger partial charge in [-0.3, -0.25) is 0 Å². The molecule has 0 saturated heterocycles. The summed E-state index contributed by atoms with van der Waals surface area (Å²) in [5.41, 5.74) is 1.24. The minimum absolute atomic E-state index is 0.357. The van der Waals surface area contributed by atoms with Gasteiger partial charge in [-0.05, 0) is 38.4 Å². The smallest absolute Gasteiger partial charge is 0.128 e. The maximum Gasteiger partial charge on any atom is 0.128 e. The molecule has 108 valence electrons. The van der Waals surface area contributed by atoms with Gasteiger partial charge in [-0.1, -0.05) is 13.0 Å². The van der Waals surface area contributed by atoms with Gasteiger partial charge in [0.1, 0.15) is 5.82 Å². The maximum atomic E-state index is 5.12. The molecule has 0 saturated carbocycles. The highest BCUT2D eigenvalue weighted by atomic mass is 16.5. The van der Waals surface area contributed by atoms with Crippen LogP contribution >= 0.6 is 0 Å². The number of hydrogen-bond acceptors (Lipinski definition) is 4. The van der Waals surface area contributed by atoms with E-state index in [0.717, 1.165) is 38.5 Å². The van der Waals surface area contributed by atoms with Gasteiger partial charge in [0.2, 0.25) is 0 Å². The van der Waals surface area contributed by atoms with Gasteiger partial charge in [-0.15, -0.1) is 0 Å². The quantitative estimate of drug-likeness (QED) is 0.745. The van der Waals surface area contributed by atoms with Crippen LogP contribution in [0.2, 0.25) is 0 Å². The summed E-state index contributed by atoms with van der Waals surface area (Å²) in [6, 6.07) is 4.61. The van der Waals surface area contributed by atoms with Gasteiger partial charge in [-0.2, -0.15) is 0 Å². The summed E-state index contributed by atoms with van der Waals surface area (Å²) in [5.74, 6) is 1.02. The van der Waals surface area contributed by atoms with Gasteiger partial charge < -0.3 is 15.0 Å². The number of nitrogens with one attached hydrogen (secondary N) is 1. The van der Waals surface area contributed by atoms with Crippen molar-refractivity contribution in [3.05, 3.63) is 23.9 Å². The summed E-state index contributed by atoms with van der Waals surface area (Å²) < 4.78 is 5.12. The lowest BCUT2D eigenvalue weighted by Crippen LogP contribution is -2.27. The molecule has 0 amide bonds. The molecule has 1 aromatic heterocycles. The second kappa shape index (κ2) is 8.88. The normalized spacial score (nSPS) is 12.4. The highest BCUT2D eigenvalue weighted by molar-refractivity contribution is 5.39. The Morgan fingerprint density at radius 2 is 2.16 bits per heavy atom. The molecule has 0 aliphatic carbocycles. The first-order valence-corrected chi connectivity index (χ1v) is 7.16. The fourth-order valence-electron chi connectivity index (χ4n) is 1.96. The van der Waals surface area contributed by atoms with Crippen LogP contribution < -0.4 is 10.2 Å². The van der Waals surface area contributed by atoms with Crippen LogP contribution in [-0.4, -0.2) is 38.3 Å². The molecular weight excluding hydrogens is 238 g/mol. The van der Waals surface area contributed by atoms with Crippen LogP contribution in [0.4, 0.5) is 5.82 Å². The minimum Gasteiger partial charge on any atom is -0.383 e. The molecule has 0 bridgehead atoms. The van der Waals surface area contributed by atoms with E-state index in [1.165, 1.54) is 5.56 Å². The molecule has 19 heavy (non-hydrogen) atoms. The lowest BCUT2D eigenvalue weighted by Gasteiger charge is -2.22. The molecule has 0 aromatic carbocycles. The van der Waals surface area contributed by atoms with Crippen molar-refractivity contribution in [1.82, 2.24) is 10.3 Å². The molecule has 1 N–H and O–H groups in total. The van der Waals surface area contributed by atoms with Crippen molar-refractivity contribution >= 4 is 5.82 Å². The van der Waals surface area contributed by atoms with E-state index in [-0.39, 0.29) is 0 Å². The number of anilines is 1. The first-order valence-electron chi connectivity index (χ1n) is 7.16. The lowest BCUT2D eigenvalue weighted by molar-refractivity contribution is 0.205. The van der Waals surface area contributed by atoms with E-state index in [4.69, 9.17) is 4.74 Å². The Morgan fingerprint density at radius 1 is 1.37 bits per heavy atom. The van der Waals surface area contributed by atoms with Gasteiger partial charge in [0.15, 0.2) is 0 Å². The zero-order valence-corrected chi connectivity index (χ0v) is 12.6. The number of hydrogen-bond donors (Lipinski definition) is 1. The molecule has 4 nitrogen and oxygen atoms in total. The van der Waals surface area contributed by atoms with Crippen molar-refractivity contribution < 1.29 is 4.74 Å². The number of ether oxygens (including phenoxy) is 1. The highest BCUT2D eigenvalue weighted by Crippen LogP contribution is 2.15. The fraction of sp³-hybridized carbons (Fsp3) is 0.667. The highest BCUT2D eigenvalue weighted by Gasteiger charge is 2.08. The van der Waals surface area contributed by atoms with E-state index in [1.807, 2.05) is 6.20 Å². The standard InChI is InChI=1S/C15H27N3O/c1-5-9-16-13(3)14-7-8-15(17-12-14)18(6-2)10-11-19-4/h7-8,12-13,16H,5-6,9-11H2,1-4H3. The third-order valence-corrected chi connectivity index (χ3v) is 3.24. The molecule has 1 aromatic rings. The molecule has 1 unspecified atom stereocenters. The Hall–Kier alpha value is -1.13. The zero-order chi connectivity index (χ0) is 14.1. The van der Waals surface area contributed by atoms with Crippen LogP contribution in [-0.2, 0) is 4.74 Å². The molecule has 0 fully saturated rings. The van der Waals surface area contributed by atoms with Crippen molar-refractivity contribution in [2.24, 2.45) is 0 Å². The Labute approximate surface area is 117 Å². The Balaban J connectivity index is 2.63. The number of pyridine rings is 1. The van der Waals surface area contributed by atoms with Crippen molar-refractivity contribution in [3.8, 4) is 0 Å². The minimum atomic E-state index is 0.357. The third kappa shape index (κ3) is 5.17. The number of likely N-dealkylation sites (N-methyl/N-ethyl adjacent to an activating group) is 1. The summed E-state index contributed by atoms with van der Waals surface area (Å²) in [6.07, 6.45) is 3.12. The second-order valence-corrected chi connectivity index (χ2v) is 4.70. The summed E-state index contributed by atoms with van der Waals surface area (Å²) in [4.78, 5) is 6.78. The van der Waals surface area contributed by atoms with Gasteiger partial charge in [-0.25, -0.2) is 4.98 Å². The number of aromatic nitrogens is 1. The average molecular weight is 265 g/mol. The molecule has 1 heterocycles. The van der Waals surface area contributed by atoms with Gasteiger partial charge in [0.05, 0.1) is 6.61 Å². The molecule has 4 heteroatoms. The monoisotopic (exact) mass is 265 g/mol. The van der Waals surface area contributed by atoms with E-state index in [1.54, 1.807) is 7.11 Å². The van der Waals surface area contributed by atoms with E-state index in [2.05, 4.69) is 48.1 Å². The Kier molecular flexibility index (Phi) is 7.45. The third-order valence-electron chi connectivity index (χ3n) is 3.24. The topological polar surface area (TPSA) is 37.4 Å². The number of rotatable bonds is 9. The molecule has 0 radical (unpaired) electrons. The fourth-order valence-corrected chi connectivity index (χ4v) is 1.96. The van der Waals surface area contributed by atoms with E-state index < -0.39 is 0 Å². The lowest BCUT2D eigenvalue weighted by atomic mass is 10.1. The van der Waals surface area contributed by atoms with Gasteiger partial charge >= 0.3 is 0 Å².